The van der Waals surface area contributed by atoms with Crippen molar-refractivity contribution in [1.29, 1.82) is 0 Å². The molecule has 0 heterocycles. The molecule has 2 nitrogen and oxygen atoms in total. The normalized spacial score (nSPS) is 34.7. The molecular weight excluding hydrogens is 272 g/mol. The van der Waals surface area contributed by atoms with Crippen LogP contribution >= 0.6 is 0 Å². The molecule has 1 aromatic carbocycles. The van der Waals surface area contributed by atoms with E-state index in [9.17, 15) is 9.90 Å². The number of hydrogen-bond acceptors (Lipinski definition) is 2. The van der Waals surface area contributed by atoms with E-state index in [0.717, 1.165) is 37.7 Å². The average Bonchev–Trinajstić information content (AvgIpc) is 2.45. The zero-order valence-electron chi connectivity index (χ0n) is 14.3. The highest BCUT2D eigenvalue weighted by Crippen LogP contribution is 2.56. The SMILES string of the molecule is CC(C)(O)c1ccc2c(c1)CC[C@H]1[C@](C)(C=O)CCC[C@]21C. The van der Waals surface area contributed by atoms with Gasteiger partial charge >= 0.3 is 0 Å². The van der Waals surface area contributed by atoms with Crippen molar-refractivity contribution in [2.24, 2.45) is 11.3 Å². The molecule has 1 aromatic rings. The molecule has 0 aliphatic heterocycles. The molecule has 0 bridgehead atoms. The van der Waals surface area contributed by atoms with Gasteiger partial charge in [0, 0.05) is 5.41 Å². The van der Waals surface area contributed by atoms with Gasteiger partial charge in [-0.25, -0.2) is 0 Å². The highest BCUT2D eigenvalue weighted by Gasteiger charge is 2.51. The smallest absolute Gasteiger partial charge is 0.126 e. The molecule has 0 amide bonds. The Labute approximate surface area is 133 Å². The highest BCUT2D eigenvalue weighted by molar-refractivity contribution is 5.61. The maximum absolute atomic E-state index is 11.7. The molecule has 3 atom stereocenters. The molecule has 0 spiro atoms. The van der Waals surface area contributed by atoms with Gasteiger partial charge in [0.2, 0.25) is 0 Å². The van der Waals surface area contributed by atoms with E-state index >= 15 is 0 Å². The van der Waals surface area contributed by atoms with E-state index in [1.54, 1.807) is 0 Å². The van der Waals surface area contributed by atoms with Crippen molar-refractivity contribution < 1.29 is 9.90 Å². The Morgan fingerprint density at radius 1 is 1.27 bits per heavy atom. The molecule has 0 saturated heterocycles. The molecule has 1 saturated carbocycles. The Balaban J connectivity index is 2.08. The Hall–Kier alpha value is -1.15. The average molecular weight is 300 g/mol. The topological polar surface area (TPSA) is 37.3 Å². The largest absolute Gasteiger partial charge is 0.386 e. The molecule has 0 aromatic heterocycles. The standard InChI is InChI=1S/C20H28O2/c1-18(2,22)15-7-8-16-14(12-15)6-9-17-19(3,13-21)10-5-11-20(16,17)4/h7-8,12-13,17,22H,5-6,9-11H2,1-4H3/t17-,19-,20+/m0/s1. The van der Waals surface area contributed by atoms with Crippen molar-refractivity contribution in [3.63, 3.8) is 0 Å². The number of carbonyl (C=O) groups excluding carboxylic acids is 1. The van der Waals surface area contributed by atoms with Crippen molar-refractivity contribution in [2.75, 3.05) is 0 Å². The minimum atomic E-state index is -0.795. The molecular formula is C20H28O2. The van der Waals surface area contributed by atoms with E-state index in [1.165, 1.54) is 17.4 Å². The lowest BCUT2D eigenvalue weighted by molar-refractivity contribution is -0.123. The third-order valence-electron chi connectivity index (χ3n) is 6.38. The Bertz CT molecular complexity index is 598. The van der Waals surface area contributed by atoms with Gasteiger partial charge in [-0.3, -0.25) is 0 Å². The Morgan fingerprint density at radius 3 is 2.64 bits per heavy atom. The molecule has 2 heteroatoms. The number of rotatable bonds is 2. The molecule has 3 rings (SSSR count). The lowest BCUT2D eigenvalue weighted by Gasteiger charge is -2.53. The molecule has 2 aliphatic carbocycles. The maximum Gasteiger partial charge on any atom is 0.126 e. The maximum atomic E-state index is 11.7. The first-order valence-electron chi connectivity index (χ1n) is 8.53. The van der Waals surface area contributed by atoms with E-state index in [1.807, 2.05) is 13.8 Å². The fourth-order valence-electron chi connectivity index (χ4n) is 5.06. The summed E-state index contributed by atoms with van der Waals surface area (Å²) in [6.45, 7) is 8.18. The van der Waals surface area contributed by atoms with Crippen molar-refractivity contribution in [1.82, 2.24) is 0 Å². The number of aryl methyl sites for hydroxylation is 1. The van der Waals surface area contributed by atoms with Crippen LogP contribution in [-0.4, -0.2) is 11.4 Å². The summed E-state index contributed by atoms with van der Waals surface area (Å²) >= 11 is 0. The number of carbonyl (C=O) groups is 1. The van der Waals surface area contributed by atoms with Crippen LogP contribution in [0.25, 0.3) is 0 Å². The fraction of sp³-hybridized carbons (Fsp3) is 0.650. The van der Waals surface area contributed by atoms with Gasteiger partial charge in [0.25, 0.3) is 0 Å². The van der Waals surface area contributed by atoms with Crippen LogP contribution in [0.4, 0.5) is 0 Å². The Morgan fingerprint density at radius 2 is 2.00 bits per heavy atom. The number of benzene rings is 1. The van der Waals surface area contributed by atoms with Crippen LogP contribution in [0.1, 0.15) is 70.1 Å². The molecule has 1 N–H and O–H groups in total. The second-order valence-corrected chi connectivity index (χ2v) is 8.42. The molecule has 0 radical (unpaired) electrons. The van der Waals surface area contributed by atoms with Crippen LogP contribution in [0.3, 0.4) is 0 Å². The van der Waals surface area contributed by atoms with Gasteiger partial charge < -0.3 is 9.90 Å². The van der Waals surface area contributed by atoms with Gasteiger partial charge in [0.05, 0.1) is 5.60 Å². The number of aldehydes is 1. The van der Waals surface area contributed by atoms with Crippen molar-refractivity contribution >= 4 is 6.29 Å². The van der Waals surface area contributed by atoms with Crippen LogP contribution in [-0.2, 0) is 22.2 Å². The number of aliphatic hydroxyl groups is 1. The summed E-state index contributed by atoms with van der Waals surface area (Å²) < 4.78 is 0. The van der Waals surface area contributed by atoms with Crippen molar-refractivity contribution in [3.8, 4) is 0 Å². The van der Waals surface area contributed by atoms with E-state index in [2.05, 4.69) is 32.0 Å². The van der Waals surface area contributed by atoms with Crippen LogP contribution in [0.15, 0.2) is 18.2 Å². The zero-order valence-corrected chi connectivity index (χ0v) is 14.3. The number of fused-ring (bicyclic) bond motifs is 3. The first-order valence-corrected chi connectivity index (χ1v) is 8.53. The van der Waals surface area contributed by atoms with Gasteiger partial charge in [-0.05, 0) is 67.6 Å². The predicted octanol–water partition coefficient (Wildman–Crippen LogP) is 4.12. The summed E-state index contributed by atoms with van der Waals surface area (Å²) in [4.78, 5) is 11.7. The van der Waals surface area contributed by atoms with Gasteiger partial charge in [-0.15, -0.1) is 0 Å². The molecule has 0 unspecified atom stereocenters. The second kappa shape index (κ2) is 4.92. The minimum absolute atomic E-state index is 0.0968. The predicted molar refractivity (Wildman–Crippen MR) is 88.9 cm³/mol. The summed E-state index contributed by atoms with van der Waals surface area (Å²) in [6.07, 6.45) is 6.61. The summed E-state index contributed by atoms with van der Waals surface area (Å²) in [5, 5.41) is 10.3. The van der Waals surface area contributed by atoms with E-state index < -0.39 is 5.60 Å². The third-order valence-corrected chi connectivity index (χ3v) is 6.38. The lowest BCUT2D eigenvalue weighted by Crippen LogP contribution is -2.49. The zero-order chi connectivity index (χ0) is 16.2. The first-order chi connectivity index (χ1) is 10.2. The number of hydrogen-bond donors (Lipinski definition) is 1. The monoisotopic (exact) mass is 300 g/mol. The van der Waals surface area contributed by atoms with Crippen molar-refractivity contribution in [3.05, 3.63) is 34.9 Å². The minimum Gasteiger partial charge on any atom is -0.386 e. The van der Waals surface area contributed by atoms with Gasteiger partial charge in [0.15, 0.2) is 0 Å². The molecule has 120 valence electrons. The summed E-state index contributed by atoms with van der Waals surface area (Å²) in [5.41, 5.74) is 2.89. The fourth-order valence-corrected chi connectivity index (χ4v) is 5.06. The van der Waals surface area contributed by atoms with E-state index in [-0.39, 0.29) is 10.8 Å². The molecule has 1 fully saturated rings. The highest BCUT2D eigenvalue weighted by atomic mass is 16.3. The van der Waals surface area contributed by atoms with Crippen LogP contribution in [0.5, 0.6) is 0 Å². The Kier molecular flexibility index (Phi) is 3.52. The lowest BCUT2D eigenvalue weighted by atomic mass is 9.50. The van der Waals surface area contributed by atoms with Crippen LogP contribution in [0.2, 0.25) is 0 Å². The van der Waals surface area contributed by atoms with Gasteiger partial charge in [-0.1, -0.05) is 38.5 Å². The molecule has 22 heavy (non-hydrogen) atoms. The van der Waals surface area contributed by atoms with Crippen LogP contribution < -0.4 is 0 Å². The van der Waals surface area contributed by atoms with Gasteiger partial charge in [-0.2, -0.15) is 0 Å². The van der Waals surface area contributed by atoms with E-state index in [4.69, 9.17) is 0 Å². The quantitative estimate of drug-likeness (QED) is 0.834. The van der Waals surface area contributed by atoms with Crippen LogP contribution in [0, 0.1) is 11.3 Å². The third kappa shape index (κ3) is 2.23. The van der Waals surface area contributed by atoms with Gasteiger partial charge in [0.1, 0.15) is 6.29 Å². The summed E-state index contributed by atoms with van der Waals surface area (Å²) in [6, 6.07) is 6.47. The van der Waals surface area contributed by atoms with E-state index in [0.29, 0.717) is 5.92 Å². The summed E-state index contributed by atoms with van der Waals surface area (Å²) in [7, 11) is 0. The van der Waals surface area contributed by atoms with Crippen molar-refractivity contribution in [2.45, 2.75) is 70.8 Å². The second-order valence-electron chi connectivity index (χ2n) is 8.42. The summed E-state index contributed by atoms with van der Waals surface area (Å²) in [5.74, 6) is 0.437. The molecule has 2 aliphatic rings. The first kappa shape index (κ1) is 15.7.